The van der Waals surface area contributed by atoms with Gasteiger partial charge in [0.05, 0.1) is 22.9 Å². The van der Waals surface area contributed by atoms with Gasteiger partial charge in [0.1, 0.15) is 5.82 Å². The van der Waals surface area contributed by atoms with Gasteiger partial charge in [-0.2, -0.15) is 0 Å². The van der Waals surface area contributed by atoms with Gasteiger partial charge in [-0.3, -0.25) is 9.59 Å². The van der Waals surface area contributed by atoms with Crippen molar-refractivity contribution in [3.63, 3.8) is 0 Å². The SMILES string of the molecule is C[C@@H](NC(=O)c1cn(C23CC(C2)C3)c(=O)cc1NC1[C@H]2CN(C)C[C@@H]12)c1cccc(C(F)F)c1F. The Morgan fingerprint density at radius 3 is 2.40 bits per heavy atom. The Morgan fingerprint density at radius 1 is 1.14 bits per heavy atom. The summed E-state index contributed by atoms with van der Waals surface area (Å²) in [6.45, 7) is 3.52. The van der Waals surface area contributed by atoms with Crippen LogP contribution in [0.4, 0.5) is 18.9 Å². The number of anilines is 1. The maximum absolute atomic E-state index is 14.7. The second-order valence-corrected chi connectivity index (χ2v) is 11.0. The highest BCUT2D eigenvalue weighted by Gasteiger charge is 2.58. The van der Waals surface area contributed by atoms with Crippen molar-refractivity contribution in [1.29, 1.82) is 0 Å². The van der Waals surface area contributed by atoms with E-state index >= 15 is 0 Å². The number of pyridine rings is 1. The molecule has 186 valence electrons. The van der Waals surface area contributed by atoms with Gasteiger partial charge in [0.25, 0.3) is 17.9 Å². The number of nitrogens with one attached hydrogen (secondary N) is 2. The first kappa shape index (κ1) is 22.6. The van der Waals surface area contributed by atoms with Crippen molar-refractivity contribution in [3.05, 3.63) is 63.3 Å². The van der Waals surface area contributed by atoms with E-state index in [4.69, 9.17) is 0 Å². The summed E-state index contributed by atoms with van der Waals surface area (Å²) in [6, 6.07) is 4.69. The summed E-state index contributed by atoms with van der Waals surface area (Å²) in [6.07, 6.45) is 1.53. The quantitative estimate of drug-likeness (QED) is 0.623. The highest BCUT2D eigenvalue weighted by molar-refractivity contribution is 5.99. The fourth-order valence-electron chi connectivity index (χ4n) is 6.49. The maximum atomic E-state index is 14.7. The number of halogens is 3. The third kappa shape index (κ3) is 3.58. The molecule has 9 heteroatoms. The van der Waals surface area contributed by atoms with Gasteiger partial charge >= 0.3 is 0 Å². The van der Waals surface area contributed by atoms with E-state index in [0.717, 1.165) is 38.4 Å². The van der Waals surface area contributed by atoms with Crippen LogP contribution in [0.1, 0.15) is 60.1 Å². The van der Waals surface area contributed by atoms with Gasteiger partial charge in [-0.05, 0) is 51.0 Å². The van der Waals surface area contributed by atoms with Crippen molar-refractivity contribution in [1.82, 2.24) is 14.8 Å². The second kappa shape index (κ2) is 7.85. The van der Waals surface area contributed by atoms with E-state index in [2.05, 4.69) is 22.6 Å². The van der Waals surface area contributed by atoms with E-state index in [-0.39, 0.29) is 22.7 Å². The molecule has 0 spiro atoms. The molecule has 2 heterocycles. The van der Waals surface area contributed by atoms with Crippen LogP contribution >= 0.6 is 0 Å². The van der Waals surface area contributed by atoms with E-state index in [1.54, 1.807) is 17.7 Å². The van der Waals surface area contributed by atoms with Gasteiger partial charge in [-0.15, -0.1) is 0 Å². The van der Waals surface area contributed by atoms with Crippen molar-refractivity contribution in [2.24, 2.45) is 17.8 Å². The highest BCUT2D eigenvalue weighted by Crippen LogP contribution is 2.61. The molecule has 1 aromatic heterocycles. The molecular formula is C26H29F3N4O2. The zero-order chi connectivity index (χ0) is 24.6. The molecule has 1 aliphatic heterocycles. The Hall–Kier alpha value is -2.81. The third-order valence-corrected chi connectivity index (χ3v) is 8.62. The van der Waals surface area contributed by atoms with E-state index < -0.39 is 29.8 Å². The fourth-order valence-corrected chi connectivity index (χ4v) is 6.49. The van der Waals surface area contributed by atoms with Crippen molar-refractivity contribution in [2.45, 2.75) is 50.2 Å². The average Bonchev–Trinajstić information content (AvgIpc) is 3.17. The number of rotatable bonds is 7. The molecule has 0 radical (unpaired) electrons. The smallest absolute Gasteiger partial charge is 0.266 e. The number of benzene rings is 1. The summed E-state index contributed by atoms with van der Waals surface area (Å²) < 4.78 is 42.7. The number of piperidine rings is 1. The number of alkyl halides is 2. The average molecular weight is 487 g/mol. The summed E-state index contributed by atoms with van der Waals surface area (Å²) in [5.41, 5.74) is -0.214. The van der Waals surface area contributed by atoms with Crippen LogP contribution in [0.15, 0.2) is 35.3 Å². The summed E-state index contributed by atoms with van der Waals surface area (Å²) in [5.74, 6) is 0.152. The molecule has 5 fully saturated rings. The standard InChI is InChI=1S/C26H29F3N4O2/c1-13(15-4-3-5-16(22(15)27)24(28)29)30-25(35)19-12-33(26-7-14(8-26)9-26)21(34)6-20(19)31-23-17-10-32(2)11-18(17)23/h3-6,12-14,17-18,23-24,31H,7-11H2,1-2H3,(H,30,35)/t13-,14?,17-,18+,23?,26?/m1/s1. The lowest BCUT2D eigenvalue weighted by molar-refractivity contribution is -0.0914. The molecule has 1 saturated heterocycles. The van der Waals surface area contributed by atoms with Crippen molar-refractivity contribution >= 4 is 11.6 Å². The first-order chi connectivity index (χ1) is 16.7. The Labute approximate surface area is 201 Å². The van der Waals surface area contributed by atoms with Crippen LogP contribution in [0.25, 0.3) is 0 Å². The van der Waals surface area contributed by atoms with Crippen molar-refractivity contribution < 1.29 is 18.0 Å². The summed E-state index contributed by atoms with van der Waals surface area (Å²) in [7, 11) is 2.08. The molecule has 4 saturated carbocycles. The topological polar surface area (TPSA) is 66.4 Å². The predicted octanol–water partition coefficient (Wildman–Crippen LogP) is 3.90. The Morgan fingerprint density at radius 2 is 1.80 bits per heavy atom. The van der Waals surface area contributed by atoms with Crippen molar-refractivity contribution in [2.75, 3.05) is 25.5 Å². The second-order valence-electron chi connectivity index (χ2n) is 11.0. The van der Waals surface area contributed by atoms with Crippen LogP contribution in [0.5, 0.6) is 0 Å². The van der Waals surface area contributed by atoms with E-state index in [0.29, 0.717) is 29.0 Å². The first-order valence-corrected chi connectivity index (χ1v) is 12.3. The van der Waals surface area contributed by atoms with E-state index in [9.17, 15) is 22.8 Å². The summed E-state index contributed by atoms with van der Waals surface area (Å²) in [5, 5.41) is 6.20. The molecular weight excluding hydrogens is 457 g/mol. The minimum absolute atomic E-state index is 0.00170. The monoisotopic (exact) mass is 486 g/mol. The number of carbonyl (C=O) groups excluding carboxylic acids is 1. The fraction of sp³-hybridized carbons (Fsp3) is 0.538. The number of amides is 1. The number of hydrogen-bond acceptors (Lipinski definition) is 4. The van der Waals surface area contributed by atoms with Gasteiger partial charge in [-0.25, -0.2) is 13.2 Å². The Balaban J connectivity index is 1.29. The number of hydrogen-bond donors (Lipinski definition) is 2. The van der Waals surface area contributed by atoms with Crippen LogP contribution in [-0.2, 0) is 5.54 Å². The molecule has 2 bridgehead atoms. The molecule has 2 aromatic rings. The maximum Gasteiger partial charge on any atom is 0.266 e. The molecule has 7 rings (SSSR count). The number of likely N-dealkylation sites (tertiary alicyclic amines) is 1. The van der Waals surface area contributed by atoms with Gasteiger partial charge in [0.15, 0.2) is 0 Å². The van der Waals surface area contributed by atoms with Crippen LogP contribution in [-0.4, -0.2) is 41.6 Å². The van der Waals surface area contributed by atoms with Crippen LogP contribution in [0.3, 0.4) is 0 Å². The van der Waals surface area contributed by atoms with Gasteiger partial charge in [0.2, 0.25) is 0 Å². The summed E-state index contributed by atoms with van der Waals surface area (Å²) in [4.78, 5) is 28.7. The number of fused-ring (bicyclic) bond motifs is 1. The first-order valence-electron chi connectivity index (χ1n) is 12.3. The van der Waals surface area contributed by atoms with E-state index in [1.807, 2.05) is 0 Å². The molecule has 5 aliphatic rings. The van der Waals surface area contributed by atoms with Gasteiger partial charge in [0, 0.05) is 42.5 Å². The molecule has 1 aromatic carbocycles. The number of nitrogens with zero attached hydrogens (tertiary/aromatic N) is 2. The largest absolute Gasteiger partial charge is 0.381 e. The molecule has 1 amide bonds. The number of aromatic nitrogens is 1. The van der Waals surface area contributed by atoms with Gasteiger partial charge in [-0.1, -0.05) is 18.2 Å². The normalized spacial score (nSPS) is 31.4. The number of carbonyl (C=O) groups is 1. The zero-order valence-electron chi connectivity index (χ0n) is 19.7. The van der Waals surface area contributed by atoms with Crippen molar-refractivity contribution in [3.8, 4) is 0 Å². The molecule has 2 N–H and O–H groups in total. The van der Waals surface area contributed by atoms with Gasteiger partial charge < -0.3 is 20.1 Å². The molecule has 4 aliphatic carbocycles. The zero-order valence-corrected chi connectivity index (χ0v) is 19.7. The lowest BCUT2D eigenvalue weighted by Crippen LogP contribution is -2.62. The minimum Gasteiger partial charge on any atom is -0.381 e. The van der Waals surface area contributed by atoms with Crippen LogP contribution in [0, 0.1) is 23.6 Å². The van der Waals surface area contributed by atoms with E-state index in [1.165, 1.54) is 18.2 Å². The highest BCUT2D eigenvalue weighted by atomic mass is 19.3. The predicted molar refractivity (Wildman–Crippen MR) is 125 cm³/mol. The van der Waals surface area contributed by atoms with Crippen LogP contribution < -0.4 is 16.2 Å². The molecule has 1 unspecified atom stereocenters. The molecule has 35 heavy (non-hydrogen) atoms. The lowest BCUT2D eigenvalue weighted by atomic mass is 9.49. The molecule has 4 atom stereocenters. The lowest BCUT2D eigenvalue weighted by Gasteiger charge is -2.62. The third-order valence-electron chi connectivity index (χ3n) is 8.62. The molecule has 6 nitrogen and oxygen atoms in total. The van der Waals surface area contributed by atoms with Crippen LogP contribution in [0.2, 0.25) is 0 Å². The Bertz CT molecular complexity index is 1230. The summed E-state index contributed by atoms with van der Waals surface area (Å²) >= 11 is 0. The minimum atomic E-state index is -2.94. The Kier molecular flexibility index (Phi) is 5.08.